The molecule has 2 heterocycles. The molecule has 0 aromatic carbocycles. The molecule has 1 aliphatic carbocycles. The normalized spacial score (nSPS) is 24.5. The molecule has 0 radical (unpaired) electrons. The minimum absolute atomic E-state index is 0.00697. The minimum Gasteiger partial charge on any atom is -0.481 e. The van der Waals surface area contributed by atoms with Crippen molar-refractivity contribution in [2.45, 2.75) is 63.6 Å². The second kappa shape index (κ2) is 9.32. The fourth-order valence-electron chi connectivity index (χ4n) is 4.22. The van der Waals surface area contributed by atoms with Crippen LogP contribution in [-0.4, -0.2) is 59.8 Å². The van der Waals surface area contributed by atoms with Crippen LogP contribution in [0.15, 0.2) is 12.1 Å². The smallest absolute Gasteiger partial charge is 0.311 e. The largest absolute Gasteiger partial charge is 0.481 e. The summed E-state index contributed by atoms with van der Waals surface area (Å²) in [6, 6.07) is 3.80. The zero-order valence-electron chi connectivity index (χ0n) is 16.2. The summed E-state index contributed by atoms with van der Waals surface area (Å²) in [6.07, 6.45) is 7.05. The molecule has 0 amide bonds. The fourth-order valence-corrected chi connectivity index (χ4v) is 4.22. The molecule has 2 aliphatic rings. The molecule has 1 aromatic rings. The lowest BCUT2D eigenvalue weighted by atomic mass is 9.90. The van der Waals surface area contributed by atoms with E-state index in [0.717, 1.165) is 45.4 Å². The summed E-state index contributed by atoms with van der Waals surface area (Å²) < 4.78 is 10.9. The number of hydrogen-bond donors (Lipinski definition) is 1. The molecule has 27 heavy (non-hydrogen) atoms. The molecular weight excluding hydrogens is 348 g/mol. The van der Waals surface area contributed by atoms with E-state index in [0.29, 0.717) is 23.8 Å². The second-order valence-corrected chi connectivity index (χ2v) is 7.32. The van der Waals surface area contributed by atoms with Crippen molar-refractivity contribution in [1.82, 2.24) is 9.88 Å². The Kier molecular flexibility index (Phi) is 6.84. The Morgan fingerprint density at radius 3 is 2.52 bits per heavy atom. The second-order valence-electron chi connectivity index (χ2n) is 7.32. The lowest BCUT2D eigenvalue weighted by Crippen LogP contribution is -2.46. The summed E-state index contributed by atoms with van der Waals surface area (Å²) in [5.74, 6) is 0.682. The van der Waals surface area contributed by atoms with Crippen LogP contribution in [0.25, 0.3) is 0 Å². The molecule has 8 heteroatoms. The van der Waals surface area contributed by atoms with Gasteiger partial charge in [0.2, 0.25) is 11.7 Å². The van der Waals surface area contributed by atoms with Crippen molar-refractivity contribution in [3.8, 4) is 5.88 Å². The van der Waals surface area contributed by atoms with Crippen molar-refractivity contribution < 1.29 is 14.4 Å². The van der Waals surface area contributed by atoms with E-state index in [9.17, 15) is 10.1 Å². The third kappa shape index (κ3) is 5.07. The first-order valence-corrected chi connectivity index (χ1v) is 9.92. The van der Waals surface area contributed by atoms with E-state index in [1.807, 2.05) is 0 Å². The number of piperidine rings is 1. The first-order chi connectivity index (χ1) is 13.1. The van der Waals surface area contributed by atoms with Crippen LogP contribution in [0.1, 0.15) is 45.4 Å². The predicted molar refractivity (Wildman–Crippen MR) is 103 cm³/mol. The highest BCUT2D eigenvalue weighted by Crippen LogP contribution is 2.30. The average molecular weight is 378 g/mol. The summed E-state index contributed by atoms with van der Waals surface area (Å²) in [7, 11) is 1.51. The zero-order valence-corrected chi connectivity index (χ0v) is 16.2. The van der Waals surface area contributed by atoms with Gasteiger partial charge in [0.1, 0.15) is 0 Å². The number of anilines is 1. The number of hydrogen-bond acceptors (Lipinski definition) is 7. The van der Waals surface area contributed by atoms with E-state index in [1.165, 1.54) is 32.1 Å². The van der Waals surface area contributed by atoms with Gasteiger partial charge in [-0.05, 0) is 45.4 Å². The van der Waals surface area contributed by atoms with E-state index in [2.05, 4.69) is 22.1 Å². The van der Waals surface area contributed by atoms with Crippen LogP contribution in [0.5, 0.6) is 5.88 Å². The molecule has 1 aliphatic heterocycles. The SMILES string of the molecule is CCOC1CCC(N2CCC(Nc3nc(OC)ccc3[N+](=O)[O-])CC2)CC1. The van der Waals surface area contributed by atoms with Gasteiger partial charge in [-0.25, -0.2) is 0 Å². The van der Waals surface area contributed by atoms with Crippen LogP contribution in [0.2, 0.25) is 0 Å². The maximum atomic E-state index is 11.3. The number of likely N-dealkylation sites (tertiary alicyclic amines) is 1. The molecule has 1 aromatic heterocycles. The summed E-state index contributed by atoms with van der Waals surface area (Å²) >= 11 is 0. The Bertz CT molecular complexity index is 626. The Morgan fingerprint density at radius 1 is 1.22 bits per heavy atom. The van der Waals surface area contributed by atoms with Crippen LogP contribution < -0.4 is 10.1 Å². The maximum Gasteiger partial charge on any atom is 0.311 e. The Balaban J connectivity index is 1.52. The number of ether oxygens (including phenoxy) is 2. The maximum absolute atomic E-state index is 11.3. The molecule has 2 fully saturated rings. The average Bonchev–Trinajstić information content (AvgIpc) is 2.69. The van der Waals surface area contributed by atoms with E-state index >= 15 is 0 Å². The number of pyridine rings is 1. The van der Waals surface area contributed by atoms with Gasteiger partial charge in [-0.15, -0.1) is 0 Å². The van der Waals surface area contributed by atoms with E-state index in [1.54, 1.807) is 0 Å². The zero-order chi connectivity index (χ0) is 19.2. The molecule has 1 N–H and O–H groups in total. The molecule has 0 atom stereocenters. The molecule has 8 nitrogen and oxygen atoms in total. The lowest BCUT2D eigenvalue weighted by molar-refractivity contribution is -0.384. The van der Waals surface area contributed by atoms with Crippen LogP contribution >= 0.6 is 0 Å². The molecular formula is C19H30N4O4. The predicted octanol–water partition coefficient (Wildman–Crippen LogP) is 3.22. The Morgan fingerprint density at radius 2 is 1.93 bits per heavy atom. The van der Waals surface area contributed by atoms with Crippen LogP contribution in [-0.2, 0) is 4.74 Å². The van der Waals surface area contributed by atoms with Crippen LogP contribution in [0.3, 0.4) is 0 Å². The number of rotatable bonds is 7. The van der Waals surface area contributed by atoms with Gasteiger partial charge in [0.05, 0.1) is 18.1 Å². The van der Waals surface area contributed by atoms with Crippen molar-refractivity contribution >= 4 is 11.5 Å². The van der Waals surface area contributed by atoms with Gasteiger partial charge in [-0.3, -0.25) is 10.1 Å². The van der Waals surface area contributed by atoms with Gasteiger partial charge in [0, 0.05) is 43.9 Å². The van der Waals surface area contributed by atoms with E-state index in [-0.39, 0.29) is 11.7 Å². The molecule has 0 unspecified atom stereocenters. The first kappa shape index (κ1) is 19.8. The molecule has 0 bridgehead atoms. The lowest BCUT2D eigenvalue weighted by Gasteiger charge is -2.40. The topological polar surface area (TPSA) is 89.8 Å². The van der Waals surface area contributed by atoms with Gasteiger partial charge in [0.25, 0.3) is 0 Å². The summed E-state index contributed by atoms with van der Waals surface area (Å²) in [4.78, 5) is 17.7. The van der Waals surface area contributed by atoms with Crippen LogP contribution in [0.4, 0.5) is 11.5 Å². The number of aromatic nitrogens is 1. The summed E-state index contributed by atoms with van der Waals surface area (Å²) in [5.41, 5.74) is -0.00697. The highest BCUT2D eigenvalue weighted by Gasteiger charge is 2.30. The third-order valence-corrected chi connectivity index (χ3v) is 5.69. The molecule has 150 valence electrons. The summed E-state index contributed by atoms with van der Waals surface area (Å²) in [5, 5.41) is 14.5. The van der Waals surface area contributed by atoms with Crippen molar-refractivity contribution in [3.63, 3.8) is 0 Å². The van der Waals surface area contributed by atoms with Crippen molar-refractivity contribution in [3.05, 3.63) is 22.2 Å². The quantitative estimate of drug-likeness (QED) is 0.575. The summed E-state index contributed by atoms with van der Waals surface area (Å²) in [6.45, 7) is 4.89. The van der Waals surface area contributed by atoms with E-state index < -0.39 is 4.92 Å². The van der Waals surface area contributed by atoms with Crippen LogP contribution in [0, 0.1) is 10.1 Å². The van der Waals surface area contributed by atoms with Gasteiger partial charge >= 0.3 is 5.69 Å². The molecule has 1 saturated heterocycles. The van der Waals surface area contributed by atoms with Crippen molar-refractivity contribution in [2.75, 3.05) is 32.1 Å². The monoisotopic (exact) mass is 378 g/mol. The highest BCUT2D eigenvalue weighted by atomic mass is 16.6. The number of methoxy groups -OCH3 is 1. The molecule has 0 spiro atoms. The van der Waals surface area contributed by atoms with E-state index in [4.69, 9.17) is 9.47 Å². The fraction of sp³-hybridized carbons (Fsp3) is 0.737. The van der Waals surface area contributed by atoms with Gasteiger partial charge in [-0.2, -0.15) is 4.98 Å². The van der Waals surface area contributed by atoms with Gasteiger partial charge in [0.15, 0.2) is 0 Å². The van der Waals surface area contributed by atoms with Crippen molar-refractivity contribution in [1.29, 1.82) is 0 Å². The third-order valence-electron chi connectivity index (χ3n) is 5.69. The number of nitrogens with one attached hydrogen (secondary N) is 1. The molecule has 3 rings (SSSR count). The number of nitro groups is 1. The Hall–Kier alpha value is -1.93. The Labute approximate surface area is 160 Å². The first-order valence-electron chi connectivity index (χ1n) is 9.92. The number of nitrogens with zero attached hydrogens (tertiary/aromatic N) is 3. The standard InChI is InChI=1S/C19H30N4O4/c1-3-27-16-6-4-15(5-7-16)22-12-10-14(11-13-22)20-19-17(23(24)25)8-9-18(21-19)26-2/h8-9,14-16H,3-7,10-13H2,1-2H3,(H,20,21). The van der Waals surface area contributed by atoms with Gasteiger partial charge in [-0.1, -0.05) is 0 Å². The minimum atomic E-state index is -0.402. The van der Waals surface area contributed by atoms with Crippen molar-refractivity contribution in [2.24, 2.45) is 0 Å². The highest BCUT2D eigenvalue weighted by molar-refractivity contribution is 5.57. The molecule has 1 saturated carbocycles. The van der Waals surface area contributed by atoms with Gasteiger partial charge < -0.3 is 19.7 Å².